The van der Waals surface area contributed by atoms with Crippen molar-refractivity contribution in [2.24, 2.45) is 0 Å². The number of amides is 1. The van der Waals surface area contributed by atoms with Gasteiger partial charge in [-0.1, -0.05) is 17.7 Å². The van der Waals surface area contributed by atoms with Crippen LogP contribution in [0.3, 0.4) is 0 Å². The van der Waals surface area contributed by atoms with Crippen LogP contribution in [0.2, 0.25) is 5.02 Å². The van der Waals surface area contributed by atoms with Crippen LogP contribution >= 0.6 is 11.6 Å². The molecule has 0 aliphatic carbocycles. The van der Waals surface area contributed by atoms with Crippen LogP contribution in [-0.4, -0.2) is 27.9 Å². The number of hydrogen-bond acceptors (Lipinski definition) is 6. The zero-order valence-electron chi connectivity index (χ0n) is 11.6. The molecule has 0 saturated carbocycles. The number of halogens is 1. The highest BCUT2D eigenvalue weighted by Gasteiger charge is 2.21. The van der Waals surface area contributed by atoms with Gasteiger partial charge >= 0.3 is 5.97 Å². The molecule has 1 aromatic carbocycles. The van der Waals surface area contributed by atoms with Gasteiger partial charge in [0.05, 0.1) is 0 Å². The van der Waals surface area contributed by atoms with E-state index in [1.807, 2.05) is 0 Å². The molecule has 3 N–H and O–H groups in total. The van der Waals surface area contributed by atoms with Crippen LogP contribution < -0.4 is 11.1 Å². The zero-order valence-corrected chi connectivity index (χ0v) is 12.4. The van der Waals surface area contributed by atoms with Gasteiger partial charge in [-0.15, -0.1) is 0 Å². The number of nitrogens with one attached hydrogen (secondary N) is 1. The van der Waals surface area contributed by atoms with E-state index >= 15 is 0 Å². The normalized spacial score (nSPS) is 11.5. The van der Waals surface area contributed by atoms with Crippen molar-refractivity contribution >= 4 is 35.0 Å². The minimum atomic E-state index is -1.03. The molecule has 0 saturated heterocycles. The van der Waals surface area contributed by atoms with Crippen molar-refractivity contribution in [3.8, 4) is 0 Å². The van der Waals surface area contributed by atoms with Gasteiger partial charge in [-0.2, -0.15) is 0 Å². The van der Waals surface area contributed by atoms with Gasteiger partial charge in [-0.05, 0) is 25.1 Å². The van der Waals surface area contributed by atoms with Crippen LogP contribution in [0.5, 0.6) is 0 Å². The average molecular weight is 321 g/mol. The first-order chi connectivity index (χ1) is 10.5. The summed E-state index contributed by atoms with van der Waals surface area (Å²) < 4.78 is 5.02. The molecule has 1 atom stereocenters. The van der Waals surface area contributed by atoms with Crippen LogP contribution in [0.1, 0.15) is 17.4 Å². The lowest BCUT2D eigenvalue weighted by molar-refractivity contribution is -0.123. The molecule has 0 radical (unpaired) electrons. The van der Waals surface area contributed by atoms with E-state index in [4.69, 9.17) is 22.1 Å². The third kappa shape index (κ3) is 3.92. The Bertz CT molecular complexity index is 708. The lowest BCUT2D eigenvalue weighted by Crippen LogP contribution is -2.30. The Morgan fingerprint density at radius 2 is 2.05 bits per heavy atom. The number of nitrogen functional groups attached to an aromatic ring is 1. The summed E-state index contributed by atoms with van der Waals surface area (Å²) >= 11 is 5.82. The Kier molecular flexibility index (Phi) is 4.90. The monoisotopic (exact) mass is 320 g/mol. The van der Waals surface area contributed by atoms with E-state index in [-0.39, 0.29) is 11.5 Å². The molecular formula is C14H13ClN4O3. The van der Waals surface area contributed by atoms with Crippen molar-refractivity contribution in [3.05, 3.63) is 47.4 Å². The minimum absolute atomic E-state index is 0.0602. The fourth-order valence-electron chi connectivity index (χ4n) is 1.59. The molecule has 22 heavy (non-hydrogen) atoms. The number of carbonyl (C=O) groups is 2. The maximum Gasteiger partial charge on any atom is 0.361 e. The zero-order chi connectivity index (χ0) is 16.1. The van der Waals surface area contributed by atoms with Crippen LogP contribution in [0.15, 0.2) is 36.7 Å². The third-order valence-corrected chi connectivity index (χ3v) is 2.90. The quantitative estimate of drug-likeness (QED) is 0.833. The molecule has 7 nitrogen and oxygen atoms in total. The summed E-state index contributed by atoms with van der Waals surface area (Å²) in [6, 6.07) is 6.61. The lowest BCUT2D eigenvalue weighted by Gasteiger charge is -2.13. The van der Waals surface area contributed by atoms with Gasteiger partial charge in [0.25, 0.3) is 5.91 Å². The largest absolute Gasteiger partial charge is 0.448 e. The molecule has 2 rings (SSSR count). The second-order valence-corrected chi connectivity index (χ2v) is 4.77. The molecule has 114 valence electrons. The first kappa shape index (κ1) is 15.7. The molecule has 1 heterocycles. The number of rotatable bonds is 4. The van der Waals surface area contributed by atoms with Crippen molar-refractivity contribution in [2.45, 2.75) is 13.0 Å². The minimum Gasteiger partial charge on any atom is -0.448 e. The summed E-state index contributed by atoms with van der Waals surface area (Å²) in [6.45, 7) is 1.43. The molecule has 8 heteroatoms. The summed E-state index contributed by atoms with van der Waals surface area (Å²) in [5, 5.41) is 3.07. The summed E-state index contributed by atoms with van der Waals surface area (Å²) in [5.74, 6) is -1.38. The summed E-state index contributed by atoms with van der Waals surface area (Å²) in [4.78, 5) is 31.4. The number of carbonyl (C=O) groups excluding carboxylic acids is 2. The van der Waals surface area contributed by atoms with Crippen LogP contribution in [0, 0.1) is 0 Å². The van der Waals surface area contributed by atoms with E-state index in [0.29, 0.717) is 10.7 Å². The van der Waals surface area contributed by atoms with Crippen LogP contribution in [0.4, 0.5) is 11.5 Å². The second-order valence-electron chi connectivity index (χ2n) is 4.34. The van der Waals surface area contributed by atoms with Crippen molar-refractivity contribution < 1.29 is 14.3 Å². The molecule has 0 aliphatic heterocycles. The second kappa shape index (κ2) is 6.86. The molecule has 0 unspecified atom stereocenters. The van der Waals surface area contributed by atoms with Crippen molar-refractivity contribution in [2.75, 3.05) is 11.1 Å². The Morgan fingerprint density at radius 1 is 1.32 bits per heavy atom. The maximum atomic E-state index is 12.0. The molecule has 0 bridgehead atoms. The van der Waals surface area contributed by atoms with Gasteiger partial charge in [0.1, 0.15) is 0 Å². The summed E-state index contributed by atoms with van der Waals surface area (Å²) in [6.07, 6.45) is 1.62. The first-order valence-electron chi connectivity index (χ1n) is 6.31. The van der Waals surface area contributed by atoms with Gasteiger partial charge < -0.3 is 15.8 Å². The summed E-state index contributed by atoms with van der Waals surface area (Å²) in [7, 11) is 0. The predicted octanol–water partition coefficient (Wildman–Crippen LogP) is 1.90. The topological polar surface area (TPSA) is 107 Å². The Morgan fingerprint density at radius 3 is 2.73 bits per heavy atom. The highest BCUT2D eigenvalue weighted by Crippen LogP contribution is 2.15. The van der Waals surface area contributed by atoms with E-state index in [2.05, 4.69) is 15.3 Å². The van der Waals surface area contributed by atoms with E-state index in [0.717, 1.165) is 0 Å². The van der Waals surface area contributed by atoms with Gasteiger partial charge in [0.2, 0.25) is 0 Å². The number of benzene rings is 1. The van der Waals surface area contributed by atoms with E-state index in [1.54, 1.807) is 24.3 Å². The highest BCUT2D eigenvalue weighted by molar-refractivity contribution is 6.30. The molecule has 2 aromatic rings. The van der Waals surface area contributed by atoms with Gasteiger partial charge in [0, 0.05) is 23.1 Å². The van der Waals surface area contributed by atoms with Gasteiger partial charge in [-0.25, -0.2) is 14.8 Å². The van der Waals surface area contributed by atoms with Crippen LogP contribution in [0.25, 0.3) is 0 Å². The average Bonchev–Trinajstić information content (AvgIpc) is 2.47. The van der Waals surface area contributed by atoms with Crippen LogP contribution in [-0.2, 0) is 9.53 Å². The van der Waals surface area contributed by atoms with Crippen molar-refractivity contribution in [1.82, 2.24) is 9.97 Å². The molecular weight excluding hydrogens is 308 g/mol. The SMILES string of the molecule is C[C@@H](OC(=O)c1nccnc1N)C(=O)Nc1cccc(Cl)c1. The standard InChI is InChI=1S/C14H13ClN4O3/c1-8(13(20)19-10-4-2-3-9(15)7-10)22-14(21)11-12(16)18-6-5-17-11/h2-8H,1H3,(H2,16,18)(H,19,20)/t8-/m1/s1. The van der Waals surface area contributed by atoms with Gasteiger partial charge in [0.15, 0.2) is 17.6 Å². The molecule has 0 aliphatic rings. The van der Waals surface area contributed by atoms with Gasteiger partial charge in [-0.3, -0.25) is 4.79 Å². The number of nitrogens with two attached hydrogens (primary N) is 1. The molecule has 0 spiro atoms. The Hall–Kier alpha value is -2.67. The number of anilines is 2. The first-order valence-corrected chi connectivity index (χ1v) is 6.69. The number of ether oxygens (including phenoxy) is 1. The fourth-order valence-corrected chi connectivity index (χ4v) is 1.78. The predicted molar refractivity (Wildman–Crippen MR) is 81.4 cm³/mol. The maximum absolute atomic E-state index is 12.0. The fraction of sp³-hybridized carbons (Fsp3) is 0.143. The summed E-state index contributed by atoms with van der Waals surface area (Å²) in [5.41, 5.74) is 5.89. The number of nitrogens with zero attached hydrogens (tertiary/aromatic N) is 2. The number of aromatic nitrogens is 2. The molecule has 1 aromatic heterocycles. The lowest BCUT2D eigenvalue weighted by atomic mass is 10.3. The van der Waals surface area contributed by atoms with E-state index in [9.17, 15) is 9.59 Å². The van der Waals surface area contributed by atoms with E-state index in [1.165, 1.54) is 19.3 Å². The highest BCUT2D eigenvalue weighted by atomic mass is 35.5. The van der Waals surface area contributed by atoms with Crippen molar-refractivity contribution in [3.63, 3.8) is 0 Å². The molecule has 0 fully saturated rings. The number of esters is 1. The Labute approximate surface area is 131 Å². The van der Waals surface area contributed by atoms with E-state index < -0.39 is 18.0 Å². The van der Waals surface area contributed by atoms with Crippen molar-refractivity contribution in [1.29, 1.82) is 0 Å². The molecule has 1 amide bonds. The Balaban J connectivity index is 1.99. The number of hydrogen-bond donors (Lipinski definition) is 2. The third-order valence-electron chi connectivity index (χ3n) is 2.67. The smallest absolute Gasteiger partial charge is 0.361 e.